The first-order valence-electron chi connectivity index (χ1n) is 13.2. The average Bonchev–Trinajstić information content (AvgIpc) is 3.18. The monoisotopic (exact) mass is 523 g/mol. The Balaban J connectivity index is 1.66. The minimum atomic E-state index is -0.758. The molecular weight excluding hydrogens is 486 g/mol. The van der Waals surface area contributed by atoms with Gasteiger partial charge in [0.05, 0.1) is 38.5 Å². The molecule has 9 heteroatoms. The summed E-state index contributed by atoms with van der Waals surface area (Å²) in [6.45, 7) is 9.06. The number of hydrogen-bond acceptors (Lipinski definition) is 8. The third-order valence-corrected chi connectivity index (χ3v) is 6.93. The number of likely N-dealkylation sites (tertiary alicyclic amines) is 1. The summed E-state index contributed by atoms with van der Waals surface area (Å²) in [5.74, 6) is 0.0633. The summed E-state index contributed by atoms with van der Waals surface area (Å²) < 4.78 is 17.0. The zero-order valence-electron chi connectivity index (χ0n) is 22.4. The maximum absolute atomic E-state index is 13.3. The van der Waals surface area contributed by atoms with Gasteiger partial charge in [0.25, 0.3) is 11.7 Å². The van der Waals surface area contributed by atoms with Gasteiger partial charge >= 0.3 is 0 Å². The summed E-state index contributed by atoms with van der Waals surface area (Å²) in [6.07, 6.45) is 4.66. The fourth-order valence-electron chi connectivity index (χ4n) is 4.79. The molecule has 1 amide bonds. The summed E-state index contributed by atoms with van der Waals surface area (Å²) >= 11 is 0. The second kappa shape index (κ2) is 12.9. The fourth-order valence-corrected chi connectivity index (χ4v) is 4.79. The fraction of sp³-hybridized carbons (Fsp3) is 0.483. The lowest BCUT2D eigenvalue weighted by Crippen LogP contribution is -2.39. The normalized spacial score (nSPS) is 19.8. The Bertz CT molecular complexity index is 1140. The zero-order chi connectivity index (χ0) is 27.1. The van der Waals surface area contributed by atoms with Crippen molar-refractivity contribution < 1.29 is 28.9 Å². The molecular formula is C29H37N3O6. The van der Waals surface area contributed by atoms with Crippen LogP contribution in [-0.2, 0) is 14.3 Å². The molecule has 0 radical (unpaired) electrons. The van der Waals surface area contributed by atoms with Crippen LogP contribution in [0.1, 0.15) is 43.9 Å². The molecule has 2 fully saturated rings. The van der Waals surface area contributed by atoms with Crippen LogP contribution in [0.25, 0.3) is 5.76 Å². The predicted molar refractivity (Wildman–Crippen MR) is 143 cm³/mol. The van der Waals surface area contributed by atoms with Crippen LogP contribution in [0.2, 0.25) is 0 Å². The number of carbonyl (C=O) groups is 2. The number of rotatable bonds is 11. The van der Waals surface area contributed by atoms with Gasteiger partial charge in [0.1, 0.15) is 5.76 Å². The first-order valence-corrected chi connectivity index (χ1v) is 13.2. The number of aromatic nitrogens is 1. The molecule has 2 saturated heterocycles. The SMILES string of the molecule is COc1cc(C2/C(=C(\O)c3ccncc3)C(=O)C(=O)N2CCCN2CCOCC2)ccc1OCCC(C)C. The standard InChI is InChI=1S/C29H37N3O6/c1-20(2)9-16-38-23-6-5-22(19-24(23)36-3)26-25(27(33)21-7-10-30-11-8-21)28(34)29(35)32(26)13-4-12-31-14-17-37-18-15-31/h5-8,10-11,19-20,26,33H,4,9,12-18H2,1-3H3/b27-25+. The molecule has 0 saturated carbocycles. The molecule has 1 unspecified atom stereocenters. The van der Waals surface area contributed by atoms with Gasteiger partial charge in [-0.05, 0) is 48.6 Å². The zero-order valence-corrected chi connectivity index (χ0v) is 22.4. The third kappa shape index (κ3) is 6.34. The van der Waals surface area contributed by atoms with Crippen molar-refractivity contribution in [3.8, 4) is 11.5 Å². The van der Waals surface area contributed by atoms with E-state index in [4.69, 9.17) is 14.2 Å². The first kappa shape index (κ1) is 27.6. The van der Waals surface area contributed by atoms with Crippen LogP contribution in [0.4, 0.5) is 0 Å². The number of amides is 1. The van der Waals surface area contributed by atoms with Crippen LogP contribution in [0.3, 0.4) is 0 Å². The lowest BCUT2D eigenvalue weighted by molar-refractivity contribution is -0.140. The molecule has 2 aliphatic heterocycles. The maximum atomic E-state index is 13.3. The first-order chi connectivity index (χ1) is 18.4. The second-order valence-corrected chi connectivity index (χ2v) is 9.98. The molecule has 0 aliphatic carbocycles. The smallest absolute Gasteiger partial charge is 0.295 e. The Morgan fingerprint density at radius 2 is 1.84 bits per heavy atom. The minimum Gasteiger partial charge on any atom is -0.507 e. The van der Waals surface area contributed by atoms with Crippen LogP contribution in [0.15, 0.2) is 48.3 Å². The summed E-state index contributed by atoms with van der Waals surface area (Å²) in [5.41, 5.74) is 1.15. The Labute approximate surface area is 224 Å². The van der Waals surface area contributed by atoms with E-state index in [1.54, 1.807) is 36.3 Å². The molecule has 0 spiro atoms. The number of morpholine rings is 1. The number of methoxy groups -OCH3 is 1. The van der Waals surface area contributed by atoms with E-state index in [1.807, 2.05) is 6.07 Å². The van der Waals surface area contributed by atoms with E-state index < -0.39 is 17.7 Å². The topological polar surface area (TPSA) is 101 Å². The van der Waals surface area contributed by atoms with E-state index in [1.165, 1.54) is 12.4 Å². The van der Waals surface area contributed by atoms with E-state index in [9.17, 15) is 14.7 Å². The van der Waals surface area contributed by atoms with Gasteiger partial charge < -0.3 is 24.2 Å². The van der Waals surface area contributed by atoms with Gasteiger partial charge in [-0.2, -0.15) is 0 Å². The molecule has 3 heterocycles. The van der Waals surface area contributed by atoms with Crippen molar-refractivity contribution >= 4 is 17.4 Å². The van der Waals surface area contributed by atoms with E-state index in [0.29, 0.717) is 61.3 Å². The number of pyridine rings is 1. The molecule has 2 aliphatic rings. The molecule has 38 heavy (non-hydrogen) atoms. The Morgan fingerprint density at radius 1 is 1.11 bits per heavy atom. The number of benzene rings is 1. The lowest BCUT2D eigenvalue weighted by atomic mass is 9.95. The molecule has 2 aromatic rings. The lowest BCUT2D eigenvalue weighted by Gasteiger charge is -2.29. The summed E-state index contributed by atoms with van der Waals surface area (Å²) in [6, 6.07) is 7.89. The van der Waals surface area contributed by atoms with E-state index in [2.05, 4.69) is 23.7 Å². The summed E-state index contributed by atoms with van der Waals surface area (Å²) in [7, 11) is 1.56. The largest absolute Gasteiger partial charge is 0.507 e. The van der Waals surface area contributed by atoms with Gasteiger partial charge in [-0.25, -0.2) is 0 Å². The highest BCUT2D eigenvalue weighted by molar-refractivity contribution is 6.46. The van der Waals surface area contributed by atoms with Crippen molar-refractivity contribution in [1.82, 2.24) is 14.8 Å². The molecule has 1 N–H and O–H groups in total. The maximum Gasteiger partial charge on any atom is 0.295 e. The van der Waals surface area contributed by atoms with Crippen LogP contribution >= 0.6 is 0 Å². The van der Waals surface area contributed by atoms with E-state index >= 15 is 0 Å². The Kier molecular flexibility index (Phi) is 9.36. The van der Waals surface area contributed by atoms with Crippen molar-refractivity contribution in [2.24, 2.45) is 5.92 Å². The van der Waals surface area contributed by atoms with Gasteiger partial charge in [-0.1, -0.05) is 19.9 Å². The van der Waals surface area contributed by atoms with E-state index in [0.717, 1.165) is 26.1 Å². The van der Waals surface area contributed by atoms with Gasteiger partial charge in [-0.3, -0.25) is 19.5 Å². The highest BCUT2D eigenvalue weighted by Gasteiger charge is 2.46. The summed E-state index contributed by atoms with van der Waals surface area (Å²) in [4.78, 5) is 34.4. The number of ketones is 1. The third-order valence-electron chi connectivity index (χ3n) is 6.93. The number of hydrogen-bond donors (Lipinski definition) is 1. The van der Waals surface area contributed by atoms with Crippen molar-refractivity contribution in [2.45, 2.75) is 32.7 Å². The highest BCUT2D eigenvalue weighted by Crippen LogP contribution is 2.42. The number of carbonyl (C=O) groups excluding carboxylic acids is 2. The number of aliphatic hydroxyl groups is 1. The average molecular weight is 524 g/mol. The quantitative estimate of drug-likeness (QED) is 0.271. The van der Waals surface area contributed by atoms with Crippen LogP contribution < -0.4 is 9.47 Å². The van der Waals surface area contributed by atoms with Gasteiger partial charge in [-0.15, -0.1) is 0 Å². The number of Topliss-reactive ketones (excluding diaryl/α,β-unsaturated/α-hetero) is 1. The van der Waals surface area contributed by atoms with Crippen molar-refractivity contribution in [3.05, 3.63) is 59.4 Å². The molecule has 0 bridgehead atoms. The van der Waals surface area contributed by atoms with Crippen molar-refractivity contribution in [1.29, 1.82) is 0 Å². The predicted octanol–water partition coefficient (Wildman–Crippen LogP) is 3.66. The number of nitrogens with zero attached hydrogens (tertiary/aromatic N) is 3. The van der Waals surface area contributed by atoms with Gasteiger partial charge in [0, 0.05) is 44.1 Å². The molecule has 204 valence electrons. The van der Waals surface area contributed by atoms with E-state index in [-0.39, 0.29) is 11.3 Å². The molecule has 1 aromatic heterocycles. The Hall–Kier alpha value is -3.43. The summed E-state index contributed by atoms with van der Waals surface area (Å²) in [5, 5.41) is 11.2. The van der Waals surface area contributed by atoms with Crippen molar-refractivity contribution in [3.63, 3.8) is 0 Å². The van der Waals surface area contributed by atoms with Crippen LogP contribution in [0.5, 0.6) is 11.5 Å². The van der Waals surface area contributed by atoms with Crippen LogP contribution in [0, 0.1) is 5.92 Å². The van der Waals surface area contributed by atoms with Crippen molar-refractivity contribution in [2.75, 3.05) is 53.1 Å². The molecule has 1 atom stereocenters. The Morgan fingerprint density at radius 3 is 2.53 bits per heavy atom. The highest BCUT2D eigenvalue weighted by atomic mass is 16.5. The molecule has 4 rings (SSSR count). The van der Waals surface area contributed by atoms with Gasteiger partial charge in [0.15, 0.2) is 11.5 Å². The molecule has 9 nitrogen and oxygen atoms in total. The van der Waals surface area contributed by atoms with Crippen LogP contribution in [-0.4, -0.2) is 84.7 Å². The number of aliphatic hydroxyl groups excluding tert-OH is 1. The second-order valence-electron chi connectivity index (χ2n) is 9.98. The molecule has 1 aromatic carbocycles. The number of ether oxygens (including phenoxy) is 3. The minimum absolute atomic E-state index is 0.0584. The van der Waals surface area contributed by atoms with Gasteiger partial charge in [0.2, 0.25) is 0 Å².